The lowest BCUT2D eigenvalue weighted by Gasteiger charge is -2.20. The molecule has 0 saturated carbocycles. The highest BCUT2D eigenvalue weighted by Crippen LogP contribution is 2.44. The van der Waals surface area contributed by atoms with Gasteiger partial charge in [-0.25, -0.2) is 23.2 Å². The van der Waals surface area contributed by atoms with Crippen molar-refractivity contribution in [1.82, 2.24) is 0 Å². The summed E-state index contributed by atoms with van der Waals surface area (Å²) in [7, 11) is -2.83. The quantitative estimate of drug-likeness (QED) is 0.272. The van der Waals surface area contributed by atoms with Crippen molar-refractivity contribution in [1.29, 1.82) is 0 Å². The minimum absolute atomic E-state index is 1.08. The minimum Gasteiger partial charge on any atom is -0.222 e. The van der Waals surface area contributed by atoms with Crippen molar-refractivity contribution in [2.75, 3.05) is 0 Å². The van der Waals surface area contributed by atoms with E-state index in [1.807, 2.05) is 0 Å². The van der Waals surface area contributed by atoms with E-state index in [2.05, 4.69) is 161 Å². The number of aryl methyl sites for hydroxylation is 1. The first-order valence-electron chi connectivity index (χ1n) is 12.7. The van der Waals surface area contributed by atoms with Crippen molar-refractivity contribution >= 4 is 26.8 Å². The van der Waals surface area contributed by atoms with Crippen LogP contribution in [0.4, 0.5) is 0 Å². The van der Waals surface area contributed by atoms with E-state index in [0.29, 0.717) is 0 Å². The molecule has 0 atom stereocenters. The number of nitrogens with zero attached hydrogens (tertiary/aromatic N) is 1. The summed E-state index contributed by atoms with van der Waals surface area (Å²) >= 11 is 3.59. The van der Waals surface area contributed by atoms with Gasteiger partial charge in [0.2, 0.25) is 5.52 Å². The highest BCUT2D eigenvalue weighted by molar-refractivity contribution is 9.10. The fraction of sp³-hybridized carbons (Fsp3) is 0.0294. The second-order valence-corrected chi connectivity index (χ2v) is 11.1. The standard InChI is InChI=1S/C34H25BrN.ClHO4/c1-36-21-20-30(29-14-8-9-15-33(29)36)34-31(25-10-4-2-5-11-25)22-27(24-16-18-28(35)19-17-24)23-32(34)26-12-6-3-7-13-26;2-1(3,4)5/h2-23H,1H3;(H,2,3,4,5)/q+1;/p-1. The van der Waals surface area contributed by atoms with E-state index in [1.54, 1.807) is 0 Å². The average molecular weight is 627 g/mol. The van der Waals surface area contributed by atoms with Gasteiger partial charge in [0.15, 0.2) is 6.20 Å². The van der Waals surface area contributed by atoms with Crippen LogP contribution in [-0.4, -0.2) is 0 Å². The molecule has 7 heteroatoms. The first-order valence-corrected chi connectivity index (χ1v) is 14.8. The third-order valence-electron chi connectivity index (χ3n) is 6.79. The number of hydrogen-bond donors (Lipinski definition) is 0. The number of rotatable bonds is 4. The van der Waals surface area contributed by atoms with Crippen LogP contribution in [0.15, 0.2) is 138 Å². The lowest BCUT2D eigenvalue weighted by molar-refractivity contribution is -2.00. The summed E-state index contributed by atoms with van der Waals surface area (Å²) in [5.74, 6) is 0. The maximum atomic E-state index is 8.49. The Balaban J connectivity index is 0.000000623. The van der Waals surface area contributed by atoms with Crippen LogP contribution >= 0.6 is 15.9 Å². The maximum Gasteiger partial charge on any atom is 0.212 e. The zero-order valence-electron chi connectivity index (χ0n) is 22.0. The summed E-state index contributed by atoms with van der Waals surface area (Å²) < 4.78 is 37.2. The smallest absolute Gasteiger partial charge is 0.212 e. The average Bonchev–Trinajstić information content (AvgIpc) is 2.97. The van der Waals surface area contributed by atoms with E-state index in [9.17, 15) is 0 Å². The van der Waals surface area contributed by atoms with Crippen molar-refractivity contribution < 1.29 is 33.4 Å². The van der Waals surface area contributed by atoms with Crippen molar-refractivity contribution in [2.45, 2.75) is 0 Å². The lowest BCUT2D eigenvalue weighted by Crippen LogP contribution is -2.68. The molecule has 0 N–H and O–H groups in total. The summed E-state index contributed by atoms with van der Waals surface area (Å²) in [4.78, 5) is 0. The molecule has 0 aliphatic carbocycles. The Bertz CT molecular complexity index is 1720. The predicted molar refractivity (Wildman–Crippen MR) is 155 cm³/mol. The molecule has 5 aromatic carbocycles. The Morgan fingerprint density at radius 2 is 1.02 bits per heavy atom. The Morgan fingerprint density at radius 3 is 1.56 bits per heavy atom. The van der Waals surface area contributed by atoms with Crippen LogP contribution in [0.1, 0.15) is 0 Å². The molecule has 0 aliphatic rings. The summed E-state index contributed by atoms with van der Waals surface area (Å²) in [6.07, 6.45) is 2.17. The Morgan fingerprint density at radius 1 is 0.537 bits per heavy atom. The molecule has 0 amide bonds. The van der Waals surface area contributed by atoms with Gasteiger partial charge in [-0.3, -0.25) is 0 Å². The van der Waals surface area contributed by atoms with Gasteiger partial charge in [-0.2, -0.15) is 0 Å². The van der Waals surface area contributed by atoms with Crippen LogP contribution in [-0.2, 0) is 7.05 Å². The molecular weight excluding hydrogens is 602 g/mol. The molecule has 0 unspecified atom stereocenters. The van der Waals surface area contributed by atoms with E-state index in [0.717, 1.165) is 4.47 Å². The van der Waals surface area contributed by atoms with Crippen molar-refractivity contribution in [3.8, 4) is 44.5 Å². The van der Waals surface area contributed by atoms with Gasteiger partial charge in [-0.05, 0) is 69.3 Å². The van der Waals surface area contributed by atoms with E-state index in [1.165, 1.54) is 55.4 Å². The molecule has 1 heterocycles. The van der Waals surface area contributed by atoms with Crippen LogP contribution in [0.5, 0.6) is 0 Å². The monoisotopic (exact) mass is 625 g/mol. The first-order chi connectivity index (χ1) is 19.7. The van der Waals surface area contributed by atoms with Crippen LogP contribution in [0.25, 0.3) is 55.4 Å². The van der Waals surface area contributed by atoms with Crippen LogP contribution in [0, 0.1) is 10.2 Å². The SMILES string of the molecule is C[n+]1ccc(-c2c(-c3ccccc3)cc(-c3ccc(Br)cc3)cc2-c2ccccc2)c2ccccc21.[O-][Cl+3]([O-])([O-])[O-]. The molecule has 0 saturated heterocycles. The molecule has 5 nitrogen and oxygen atoms in total. The van der Waals surface area contributed by atoms with E-state index in [-0.39, 0.29) is 0 Å². The molecule has 0 aliphatic heterocycles. The van der Waals surface area contributed by atoms with E-state index in [4.69, 9.17) is 18.6 Å². The van der Waals surface area contributed by atoms with Crippen LogP contribution in [0.2, 0.25) is 0 Å². The maximum absolute atomic E-state index is 8.49. The zero-order valence-corrected chi connectivity index (χ0v) is 24.4. The normalized spacial score (nSPS) is 11.2. The Labute approximate surface area is 249 Å². The molecule has 6 rings (SSSR count). The summed E-state index contributed by atoms with van der Waals surface area (Å²) in [6.45, 7) is 0. The molecule has 0 radical (unpaired) electrons. The van der Waals surface area contributed by atoms with Gasteiger partial charge < -0.3 is 0 Å². The number of benzene rings is 5. The van der Waals surface area contributed by atoms with Crippen LogP contribution in [0.3, 0.4) is 0 Å². The van der Waals surface area contributed by atoms with Crippen molar-refractivity contribution in [3.63, 3.8) is 0 Å². The largest absolute Gasteiger partial charge is 0.222 e. The summed E-state index contributed by atoms with van der Waals surface area (Å²) in [5, 5.41) is 1.24. The first kappa shape index (κ1) is 28.6. The zero-order chi connectivity index (χ0) is 29.0. The molecule has 6 aromatic rings. The second-order valence-electron chi connectivity index (χ2n) is 9.42. The van der Waals surface area contributed by atoms with Crippen molar-refractivity contribution in [3.05, 3.63) is 138 Å². The Kier molecular flexibility index (Phi) is 8.61. The number of pyridine rings is 1. The highest BCUT2D eigenvalue weighted by atomic mass is 79.9. The topological polar surface area (TPSA) is 96.1 Å². The molecule has 204 valence electrons. The third-order valence-corrected chi connectivity index (χ3v) is 7.32. The van der Waals surface area contributed by atoms with Gasteiger partial charge >= 0.3 is 0 Å². The van der Waals surface area contributed by atoms with Gasteiger partial charge in [-0.15, -0.1) is 10.2 Å². The van der Waals surface area contributed by atoms with E-state index >= 15 is 0 Å². The highest BCUT2D eigenvalue weighted by Gasteiger charge is 2.20. The van der Waals surface area contributed by atoms with Gasteiger partial charge in [-0.1, -0.05) is 101 Å². The number of para-hydroxylation sites is 1. The van der Waals surface area contributed by atoms with Gasteiger partial charge in [0.05, 0.1) is 5.39 Å². The minimum atomic E-state index is -4.94. The third kappa shape index (κ3) is 6.89. The second kappa shape index (κ2) is 12.3. The molecular formula is C34H25BrClNO4. The summed E-state index contributed by atoms with van der Waals surface area (Å²) in [6, 6.07) is 45.7. The van der Waals surface area contributed by atoms with Gasteiger partial charge in [0, 0.05) is 22.2 Å². The van der Waals surface area contributed by atoms with Crippen molar-refractivity contribution in [2.24, 2.45) is 7.05 Å². The van der Waals surface area contributed by atoms with E-state index < -0.39 is 10.2 Å². The lowest BCUT2D eigenvalue weighted by atomic mass is 9.84. The fourth-order valence-electron chi connectivity index (χ4n) is 5.02. The number of aromatic nitrogens is 1. The molecule has 1 aromatic heterocycles. The number of halogens is 2. The number of hydrogen-bond acceptors (Lipinski definition) is 4. The molecule has 0 fully saturated rings. The molecule has 41 heavy (non-hydrogen) atoms. The summed E-state index contributed by atoms with van der Waals surface area (Å²) in [5.41, 5.74) is 11.0. The van der Waals surface area contributed by atoms with Crippen LogP contribution < -0.4 is 23.2 Å². The van der Waals surface area contributed by atoms with Gasteiger partial charge in [0.1, 0.15) is 7.05 Å². The molecule has 0 spiro atoms. The number of fused-ring (bicyclic) bond motifs is 1. The Hall–Kier alpha value is -3.88. The fourth-order valence-corrected chi connectivity index (χ4v) is 5.28. The molecule has 0 bridgehead atoms. The predicted octanol–water partition coefficient (Wildman–Crippen LogP) is 4.34. The van der Waals surface area contributed by atoms with Gasteiger partial charge in [0.25, 0.3) is 0 Å².